The van der Waals surface area contributed by atoms with E-state index in [0.717, 1.165) is 16.8 Å². The minimum absolute atomic E-state index is 0.0665. The lowest BCUT2D eigenvalue weighted by atomic mass is 9.93. The maximum atomic E-state index is 13.2. The van der Waals surface area contributed by atoms with Crippen LogP contribution in [0.25, 0.3) is 6.08 Å². The third kappa shape index (κ3) is 7.50. The first-order chi connectivity index (χ1) is 18.5. The summed E-state index contributed by atoms with van der Waals surface area (Å²) in [6.45, 7) is 5.05. The van der Waals surface area contributed by atoms with Crippen molar-refractivity contribution in [1.29, 1.82) is 0 Å². The van der Waals surface area contributed by atoms with E-state index in [1.807, 2.05) is 73.6 Å². The topological polar surface area (TPSA) is 135 Å². The number of carbonyl (C=O) groups excluding carboxylic acids is 3. The molecule has 9 heteroatoms. The number of amides is 2. The van der Waals surface area contributed by atoms with Gasteiger partial charge in [0.1, 0.15) is 0 Å². The molecule has 1 aromatic heterocycles. The van der Waals surface area contributed by atoms with Gasteiger partial charge in [0, 0.05) is 31.4 Å². The minimum Gasteiger partial charge on any atom is -0.494 e. The Morgan fingerprint density at radius 1 is 0.949 bits per heavy atom. The van der Waals surface area contributed by atoms with Crippen LogP contribution in [0.2, 0.25) is 0 Å². The number of hydrogen-bond acceptors (Lipinski definition) is 6. The van der Waals surface area contributed by atoms with Crippen molar-refractivity contribution in [2.45, 2.75) is 39.3 Å². The van der Waals surface area contributed by atoms with Crippen LogP contribution in [0.4, 0.5) is 5.69 Å². The van der Waals surface area contributed by atoms with Gasteiger partial charge in [-0.15, -0.1) is 0 Å². The molecule has 0 fully saturated rings. The van der Waals surface area contributed by atoms with E-state index in [1.54, 1.807) is 19.9 Å². The summed E-state index contributed by atoms with van der Waals surface area (Å²) in [5.41, 5.74) is 2.78. The van der Waals surface area contributed by atoms with Gasteiger partial charge in [-0.1, -0.05) is 56.3 Å². The second kappa shape index (κ2) is 12.8. The number of aromatic hydroxyl groups is 2. The van der Waals surface area contributed by atoms with Crippen molar-refractivity contribution in [2.75, 3.05) is 19.0 Å². The largest absolute Gasteiger partial charge is 0.494 e. The highest BCUT2D eigenvalue weighted by atomic mass is 16.3. The predicted molar refractivity (Wildman–Crippen MR) is 152 cm³/mol. The Hall–Kier alpha value is -4.53. The van der Waals surface area contributed by atoms with E-state index in [4.69, 9.17) is 0 Å². The van der Waals surface area contributed by atoms with Crippen LogP contribution in [0.1, 0.15) is 53.4 Å². The molecule has 0 radical (unpaired) electrons. The number of carbonyl (C=O) groups is 3. The number of anilines is 1. The Morgan fingerprint density at radius 2 is 1.59 bits per heavy atom. The average molecular weight is 533 g/mol. The summed E-state index contributed by atoms with van der Waals surface area (Å²) in [5.74, 6) is -2.40. The van der Waals surface area contributed by atoms with Crippen LogP contribution >= 0.6 is 0 Å². The van der Waals surface area contributed by atoms with Crippen LogP contribution < -0.4 is 15.5 Å². The van der Waals surface area contributed by atoms with Gasteiger partial charge in [0.25, 0.3) is 0 Å². The first-order valence-electron chi connectivity index (χ1n) is 12.7. The highest BCUT2D eigenvalue weighted by Crippen LogP contribution is 2.30. The fraction of sp³-hybridized carbons (Fsp3) is 0.300. The van der Waals surface area contributed by atoms with Gasteiger partial charge >= 0.3 is 0 Å². The second-order valence-electron chi connectivity index (χ2n) is 9.97. The molecule has 3 aromatic rings. The molecule has 5 N–H and O–H groups in total. The van der Waals surface area contributed by atoms with Crippen molar-refractivity contribution < 1.29 is 24.6 Å². The minimum atomic E-state index is -0.950. The van der Waals surface area contributed by atoms with Crippen molar-refractivity contribution in [3.05, 3.63) is 82.9 Å². The number of nitrogens with one attached hydrogen (secondary N) is 3. The standard InChI is InChI=1S/C30H36N4O5/c1-18(2)27(28(37)26-19(3)29(38)33-30(26)39)32-25(36)17-23(21-9-7-6-8-10-21)31-24(35)16-13-20-11-14-22(15-12-20)34(4)5/h6-16,18,23,27,33,38-39H,17H2,1-5H3,(H,31,35)(H,32,36)/t23-,27-/m0/s1. The maximum Gasteiger partial charge on any atom is 0.244 e. The van der Waals surface area contributed by atoms with E-state index in [-0.39, 0.29) is 35.3 Å². The molecule has 9 nitrogen and oxygen atoms in total. The first kappa shape index (κ1) is 29.0. The molecule has 0 saturated heterocycles. The normalized spacial score (nSPS) is 12.8. The number of Topliss-reactive ketones (excluding diaryl/α,β-unsaturated/α-hetero) is 1. The first-order valence-corrected chi connectivity index (χ1v) is 12.7. The number of nitrogens with zero attached hydrogens (tertiary/aromatic N) is 1. The molecule has 1 heterocycles. The van der Waals surface area contributed by atoms with Gasteiger partial charge in [0.2, 0.25) is 17.7 Å². The fourth-order valence-corrected chi connectivity index (χ4v) is 4.19. The smallest absolute Gasteiger partial charge is 0.244 e. The molecular weight excluding hydrogens is 496 g/mol. The molecule has 0 unspecified atom stereocenters. The number of rotatable bonds is 11. The van der Waals surface area contributed by atoms with Gasteiger partial charge in [0.15, 0.2) is 11.7 Å². The molecule has 0 bridgehead atoms. The van der Waals surface area contributed by atoms with E-state index in [0.29, 0.717) is 0 Å². The van der Waals surface area contributed by atoms with Gasteiger partial charge in [-0.25, -0.2) is 0 Å². The third-order valence-corrected chi connectivity index (χ3v) is 6.46. The number of hydrogen-bond donors (Lipinski definition) is 5. The number of ketones is 1. The van der Waals surface area contributed by atoms with Gasteiger partial charge in [-0.2, -0.15) is 0 Å². The van der Waals surface area contributed by atoms with E-state index < -0.39 is 29.7 Å². The number of H-pyrrole nitrogens is 1. The molecule has 2 atom stereocenters. The lowest BCUT2D eigenvalue weighted by molar-refractivity contribution is -0.123. The predicted octanol–water partition coefficient (Wildman–Crippen LogP) is 4.08. The molecule has 2 amide bonds. The Kier molecular flexibility index (Phi) is 9.54. The summed E-state index contributed by atoms with van der Waals surface area (Å²) in [4.78, 5) is 43.5. The van der Waals surface area contributed by atoms with Crippen molar-refractivity contribution in [3.8, 4) is 11.8 Å². The maximum absolute atomic E-state index is 13.2. The molecule has 206 valence electrons. The highest BCUT2D eigenvalue weighted by molar-refractivity contribution is 6.05. The Morgan fingerprint density at radius 3 is 2.13 bits per heavy atom. The van der Waals surface area contributed by atoms with Crippen molar-refractivity contribution in [3.63, 3.8) is 0 Å². The zero-order chi connectivity index (χ0) is 28.7. The molecule has 3 rings (SSSR count). The highest BCUT2D eigenvalue weighted by Gasteiger charge is 2.31. The molecule has 0 spiro atoms. The van der Waals surface area contributed by atoms with Crippen LogP contribution in [0.15, 0.2) is 60.7 Å². The fourth-order valence-electron chi connectivity index (χ4n) is 4.19. The van der Waals surface area contributed by atoms with Crippen LogP contribution in [0, 0.1) is 12.8 Å². The van der Waals surface area contributed by atoms with E-state index in [1.165, 1.54) is 13.0 Å². The van der Waals surface area contributed by atoms with Crippen molar-refractivity contribution in [1.82, 2.24) is 15.6 Å². The zero-order valence-corrected chi connectivity index (χ0v) is 22.9. The van der Waals surface area contributed by atoms with E-state index in [9.17, 15) is 24.6 Å². The summed E-state index contributed by atoms with van der Waals surface area (Å²) in [6.07, 6.45) is 3.01. The average Bonchev–Trinajstić information content (AvgIpc) is 3.16. The van der Waals surface area contributed by atoms with Crippen LogP contribution in [0.3, 0.4) is 0 Å². The lowest BCUT2D eigenvalue weighted by Crippen LogP contribution is -2.45. The van der Waals surface area contributed by atoms with Crippen molar-refractivity contribution in [2.24, 2.45) is 5.92 Å². The summed E-state index contributed by atoms with van der Waals surface area (Å²) in [5, 5.41) is 25.6. The van der Waals surface area contributed by atoms with E-state index >= 15 is 0 Å². The zero-order valence-electron chi connectivity index (χ0n) is 22.9. The van der Waals surface area contributed by atoms with Crippen LogP contribution in [-0.2, 0) is 9.59 Å². The van der Waals surface area contributed by atoms with Gasteiger partial charge in [0.05, 0.1) is 24.1 Å². The molecular formula is C30H36N4O5. The summed E-state index contributed by atoms with van der Waals surface area (Å²) >= 11 is 0. The number of aromatic nitrogens is 1. The Balaban J connectivity index is 1.74. The van der Waals surface area contributed by atoms with Gasteiger partial charge < -0.3 is 25.7 Å². The summed E-state index contributed by atoms with van der Waals surface area (Å²) in [7, 11) is 3.90. The van der Waals surface area contributed by atoms with Crippen LogP contribution in [0.5, 0.6) is 11.8 Å². The number of aromatic amines is 1. The molecule has 0 saturated carbocycles. The molecule has 0 aliphatic rings. The Labute approximate surface area is 228 Å². The number of benzene rings is 2. The SMILES string of the molecule is Cc1c(O)[nH]c(O)c1C(=O)[C@@H](NC(=O)C[C@H](NC(=O)C=Cc1ccc(N(C)C)cc1)c1ccccc1)C(C)C. The Bertz CT molecular complexity index is 1330. The monoisotopic (exact) mass is 532 g/mol. The quantitative estimate of drug-likeness (QED) is 0.187. The van der Waals surface area contributed by atoms with Crippen molar-refractivity contribution >= 4 is 29.4 Å². The summed E-state index contributed by atoms with van der Waals surface area (Å²) in [6, 6.07) is 15.2. The lowest BCUT2D eigenvalue weighted by Gasteiger charge is -2.24. The molecule has 39 heavy (non-hydrogen) atoms. The third-order valence-electron chi connectivity index (χ3n) is 6.46. The van der Waals surface area contributed by atoms with E-state index in [2.05, 4.69) is 15.6 Å². The van der Waals surface area contributed by atoms with Crippen LogP contribution in [-0.4, -0.2) is 52.9 Å². The molecule has 0 aliphatic carbocycles. The molecule has 2 aromatic carbocycles. The van der Waals surface area contributed by atoms with Gasteiger partial charge in [-0.05, 0) is 42.2 Å². The summed E-state index contributed by atoms with van der Waals surface area (Å²) < 4.78 is 0. The molecule has 0 aliphatic heterocycles. The second-order valence-corrected chi connectivity index (χ2v) is 9.97. The van der Waals surface area contributed by atoms with Gasteiger partial charge in [-0.3, -0.25) is 19.4 Å².